The summed E-state index contributed by atoms with van der Waals surface area (Å²) in [7, 11) is 0. The van der Waals surface area contributed by atoms with E-state index in [1.54, 1.807) is 0 Å². The molecule has 0 saturated heterocycles. The van der Waals surface area contributed by atoms with E-state index in [-0.39, 0.29) is 6.10 Å². The molecule has 3 unspecified atom stereocenters. The van der Waals surface area contributed by atoms with Gasteiger partial charge in [0.15, 0.2) is 0 Å². The maximum atomic E-state index is 10.5. The standard InChI is InChI=1S/C14H22N2O/c1-10-3-2-4-11(7-10)14(17)13-8-15-9-16(13)12-5-6-12/h8-12,14,17H,2-7H2,1H3. The van der Waals surface area contributed by atoms with Crippen molar-refractivity contribution in [2.75, 3.05) is 0 Å². The lowest BCUT2D eigenvalue weighted by Gasteiger charge is -2.30. The average molecular weight is 234 g/mol. The van der Waals surface area contributed by atoms with Crippen LogP contribution in [0, 0.1) is 11.8 Å². The molecule has 3 heteroatoms. The first kappa shape index (κ1) is 11.3. The molecule has 2 fully saturated rings. The molecule has 17 heavy (non-hydrogen) atoms. The second-order valence-electron chi connectivity index (χ2n) is 5.93. The Balaban J connectivity index is 1.75. The molecular formula is C14H22N2O. The van der Waals surface area contributed by atoms with Gasteiger partial charge in [0, 0.05) is 6.04 Å². The van der Waals surface area contributed by atoms with Crippen LogP contribution in [0.2, 0.25) is 0 Å². The molecule has 1 aromatic rings. The van der Waals surface area contributed by atoms with Gasteiger partial charge in [-0.05, 0) is 37.5 Å². The SMILES string of the molecule is CC1CCCC(C(O)c2cncn2C2CC2)C1. The molecule has 3 rings (SSSR count). The lowest BCUT2D eigenvalue weighted by molar-refractivity contribution is 0.0650. The van der Waals surface area contributed by atoms with Gasteiger partial charge in [-0.2, -0.15) is 0 Å². The van der Waals surface area contributed by atoms with Gasteiger partial charge in [0.05, 0.1) is 24.3 Å². The summed E-state index contributed by atoms with van der Waals surface area (Å²) < 4.78 is 2.20. The minimum atomic E-state index is -0.305. The van der Waals surface area contributed by atoms with Gasteiger partial charge in [-0.1, -0.05) is 19.8 Å². The third kappa shape index (κ3) is 2.25. The molecular weight excluding hydrogens is 212 g/mol. The summed E-state index contributed by atoms with van der Waals surface area (Å²) in [6.45, 7) is 2.30. The van der Waals surface area contributed by atoms with E-state index >= 15 is 0 Å². The van der Waals surface area contributed by atoms with Crippen molar-refractivity contribution in [1.82, 2.24) is 9.55 Å². The number of aliphatic hydroxyl groups excluding tert-OH is 1. The zero-order valence-corrected chi connectivity index (χ0v) is 10.5. The van der Waals surface area contributed by atoms with Crippen molar-refractivity contribution in [2.45, 2.75) is 57.6 Å². The Hall–Kier alpha value is -0.830. The van der Waals surface area contributed by atoms with Gasteiger partial charge in [-0.3, -0.25) is 0 Å². The minimum Gasteiger partial charge on any atom is -0.387 e. The van der Waals surface area contributed by atoms with Crippen LogP contribution in [0.1, 0.15) is 63.3 Å². The van der Waals surface area contributed by atoms with Gasteiger partial charge in [0.2, 0.25) is 0 Å². The molecule has 0 radical (unpaired) electrons. The number of hydrogen-bond donors (Lipinski definition) is 1. The van der Waals surface area contributed by atoms with Crippen LogP contribution in [-0.4, -0.2) is 14.7 Å². The van der Waals surface area contributed by atoms with Crippen LogP contribution in [0.3, 0.4) is 0 Å². The normalized spacial score (nSPS) is 31.4. The van der Waals surface area contributed by atoms with Crippen LogP contribution in [0.15, 0.2) is 12.5 Å². The number of imidazole rings is 1. The van der Waals surface area contributed by atoms with Crippen molar-refractivity contribution >= 4 is 0 Å². The van der Waals surface area contributed by atoms with Crippen molar-refractivity contribution in [3.63, 3.8) is 0 Å². The van der Waals surface area contributed by atoms with Crippen molar-refractivity contribution in [3.05, 3.63) is 18.2 Å². The molecule has 0 aliphatic heterocycles. The third-order valence-electron chi connectivity index (χ3n) is 4.36. The molecule has 2 aliphatic carbocycles. The fraction of sp³-hybridized carbons (Fsp3) is 0.786. The fourth-order valence-electron chi connectivity index (χ4n) is 3.21. The quantitative estimate of drug-likeness (QED) is 0.872. The van der Waals surface area contributed by atoms with E-state index in [0.29, 0.717) is 12.0 Å². The lowest BCUT2D eigenvalue weighted by atomic mass is 9.79. The van der Waals surface area contributed by atoms with Crippen LogP contribution in [-0.2, 0) is 0 Å². The second-order valence-corrected chi connectivity index (χ2v) is 5.93. The zero-order valence-electron chi connectivity index (χ0n) is 10.5. The topological polar surface area (TPSA) is 38.1 Å². The number of rotatable bonds is 3. The van der Waals surface area contributed by atoms with E-state index in [4.69, 9.17) is 0 Å². The Morgan fingerprint density at radius 3 is 2.88 bits per heavy atom. The monoisotopic (exact) mass is 234 g/mol. The van der Waals surface area contributed by atoms with Crippen molar-refractivity contribution in [1.29, 1.82) is 0 Å². The molecule has 2 saturated carbocycles. The average Bonchev–Trinajstić information content (AvgIpc) is 3.06. The Morgan fingerprint density at radius 2 is 2.18 bits per heavy atom. The number of hydrogen-bond acceptors (Lipinski definition) is 2. The van der Waals surface area contributed by atoms with Crippen LogP contribution in [0.25, 0.3) is 0 Å². The highest BCUT2D eigenvalue weighted by Crippen LogP contribution is 2.41. The van der Waals surface area contributed by atoms with E-state index in [9.17, 15) is 5.11 Å². The molecule has 1 N–H and O–H groups in total. The zero-order chi connectivity index (χ0) is 11.8. The number of aromatic nitrogens is 2. The molecule has 0 bridgehead atoms. The summed E-state index contributed by atoms with van der Waals surface area (Å²) in [5.41, 5.74) is 1.05. The van der Waals surface area contributed by atoms with E-state index in [1.807, 2.05) is 12.5 Å². The molecule has 0 spiro atoms. The smallest absolute Gasteiger partial charge is 0.0984 e. The predicted molar refractivity (Wildman–Crippen MR) is 66.6 cm³/mol. The largest absolute Gasteiger partial charge is 0.387 e. The summed E-state index contributed by atoms with van der Waals surface area (Å²) >= 11 is 0. The highest BCUT2D eigenvalue weighted by molar-refractivity contribution is 5.08. The number of nitrogens with zero attached hydrogens (tertiary/aromatic N) is 2. The summed E-state index contributed by atoms with van der Waals surface area (Å²) in [5.74, 6) is 1.20. The van der Waals surface area contributed by atoms with Gasteiger partial charge in [-0.25, -0.2) is 4.98 Å². The molecule has 1 aromatic heterocycles. The number of aliphatic hydroxyl groups is 1. The van der Waals surface area contributed by atoms with Crippen molar-refractivity contribution in [3.8, 4) is 0 Å². The highest BCUT2D eigenvalue weighted by atomic mass is 16.3. The van der Waals surface area contributed by atoms with Gasteiger partial charge >= 0.3 is 0 Å². The van der Waals surface area contributed by atoms with E-state index in [2.05, 4.69) is 16.5 Å². The predicted octanol–water partition coefficient (Wildman–Crippen LogP) is 3.08. The van der Waals surface area contributed by atoms with E-state index in [1.165, 1.54) is 32.1 Å². The van der Waals surface area contributed by atoms with Crippen LogP contribution < -0.4 is 0 Å². The summed E-state index contributed by atoms with van der Waals surface area (Å²) in [6.07, 6.45) is 10.9. The van der Waals surface area contributed by atoms with Gasteiger partial charge in [0.25, 0.3) is 0 Å². The first-order valence-electron chi connectivity index (χ1n) is 6.95. The summed E-state index contributed by atoms with van der Waals surface area (Å²) in [5, 5.41) is 10.5. The first-order chi connectivity index (χ1) is 8.25. The molecule has 3 atom stereocenters. The Kier molecular flexibility index (Phi) is 2.95. The summed E-state index contributed by atoms with van der Waals surface area (Å²) in [6, 6.07) is 0.614. The fourth-order valence-corrected chi connectivity index (χ4v) is 3.21. The molecule has 94 valence electrons. The second kappa shape index (κ2) is 4.45. The first-order valence-corrected chi connectivity index (χ1v) is 6.95. The lowest BCUT2D eigenvalue weighted by Crippen LogP contribution is -2.22. The van der Waals surface area contributed by atoms with E-state index in [0.717, 1.165) is 18.0 Å². The van der Waals surface area contributed by atoms with Gasteiger partial charge in [-0.15, -0.1) is 0 Å². The molecule has 1 heterocycles. The van der Waals surface area contributed by atoms with E-state index < -0.39 is 0 Å². The maximum Gasteiger partial charge on any atom is 0.0984 e. The molecule has 0 amide bonds. The molecule has 0 aromatic carbocycles. The minimum absolute atomic E-state index is 0.305. The van der Waals surface area contributed by atoms with Crippen molar-refractivity contribution < 1.29 is 5.11 Å². The third-order valence-corrected chi connectivity index (χ3v) is 4.36. The maximum absolute atomic E-state index is 10.5. The van der Waals surface area contributed by atoms with Gasteiger partial charge < -0.3 is 9.67 Å². The van der Waals surface area contributed by atoms with Crippen LogP contribution in [0.4, 0.5) is 0 Å². The Morgan fingerprint density at radius 1 is 1.35 bits per heavy atom. The molecule has 3 nitrogen and oxygen atoms in total. The Labute approximate surface area is 103 Å². The van der Waals surface area contributed by atoms with Crippen LogP contribution in [0.5, 0.6) is 0 Å². The van der Waals surface area contributed by atoms with Gasteiger partial charge in [0.1, 0.15) is 0 Å². The highest BCUT2D eigenvalue weighted by Gasteiger charge is 2.32. The summed E-state index contributed by atoms with van der Waals surface area (Å²) in [4.78, 5) is 4.22. The van der Waals surface area contributed by atoms with Crippen molar-refractivity contribution in [2.24, 2.45) is 11.8 Å². The van der Waals surface area contributed by atoms with Crippen LogP contribution >= 0.6 is 0 Å². The Bertz CT molecular complexity index is 383. The molecule has 2 aliphatic rings.